The fourth-order valence-corrected chi connectivity index (χ4v) is 5.18. The van der Waals surface area contributed by atoms with Crippen LogP contribution in [0.15, 0.2) is 48.7 Å². The molecule has 1 N–H and O–H groups in total. The van der Waals surface area contributed by atoms with Gasteiger partial charge in [0.1, 0.15) is 0 Å². The van der Waals surface area contributed by atoms with E-state index in [4.69, 9.17) is 21.1 Å². The maximum atomic E-state index is 14.0. The molecule has 0 aliphatic carbocycles. The molecule has 0 bridgehead atoms. The molecule has 0 saturated carbocycles. The van der Waals surface area contributed by atoms with Gasteiger partial charge in [0.2, 0.25) is 5.91 Å². The number of aromatic nitrogens is 2. The van der Waals surface area contributed by atoms with Crippen molar-refractivity contribution in [3.8, 4) is 0 Å². The van der Waals surface area contributed by atoms with Gasteiger partial charge in [-0.15, -0.1) is 0 Å². The van der Waals surface area contributed by atoms with Crippen molar-refractivity contribution in [2.75, 3.05) is 39.5 Å². The molecule has 2 aliphatic heterocycles. The summed E-state index contributed by atoms with van der Waals surface area (Å²) in [7, 11) is 0. The van der Waals surface area contributed by atoms with Crippen LogP contribution in [0.5, 0.6) is 0 Å². The molecule has 6 nitrogen and oxygen atoms in total. The molecule has 7 heteroatoms. The molecule has 1 amide bonds. The number of benzene rings is 2. The molecule has 0 radical (unpaired) electrons. The molecule has 2 aliphatic rings. The highest BCUT2D eigenvalue weighted by molar-refractivity contribution is 6.30. The van der Waals surface area contributed by atoms with Crippen molar-refractivity contribution in [3.63, 3.8) is 0 Å². The van der Waals surface area contributed by atoms with Gasteiger partial charge in [0.05, 0.1) is 30.3 Å². The summed E-state index contributed by atoms with van der Waals surface area (Å²) in [5.74, 6) is 0.428. The van der Waals surface area contributed by atoms with E-state index >= 15 is 0 Å². The highest BCUT2D eigenvalue weighted by Gasteiger charge is 2.44. The molecule has 168 valence electrons. The Morgan fingerprint density at radius 3 is 2.75 bits per heavy atom. The van der Waals surface area contributed by atoms with E-state index in [1.807, 2.05) is 35.4 Å². The Hall–Kier alpha value is -2.41. The van der Waals surface area contributed by atoms with Crippen LogP contribution in [0, 0.1) is 5.92 Å². The molecule has 32 heavy (non-hydrogen) atoms. The van der Waals surface area contributed by atoms with E-state index in [0.29, 0.717) is 57.4 Å². The SMILES string of the molecule is O=C(N1CCOC[C@@H](Cc2ccc3[nH]ncc3c2)C1)C1(c2ccc(Cl)cc2)CCOCC1. The number of ether oxygens (including phenoxy) is 2. The number of H-pyrrole nitrogens is 1. The second-order valence-electron chi connectivity index (χ2n) is 8.89. The Bertz CT molecular complexity index is 1080. The van der Waals surface area contributed by atoms with Gasteiger partial charge in [0.25, 0.3) is 0 Å². The van der Waals surface area contributed by atoms with E-state index in [9.17, 15) is 4.79 Å². The summed E-state index contributed by atoms with van der Waals surface area (Å²) in [4.78, 5) is 16.0. The van der Waals surface area contributed by atoms with Gasteiger partial charge in [0, 0.05) is 42.6 Å². The van der Waals surface area contributed by atoms with E-state index in [0.717, 1.165) is 22.9 Å². The van der Waals surface area contributed by atoms with Crippen molar-refractivity contribution in [1.82, 2.24) is 15.1 Å². The lowest BCUT2D eigenvalue weighted by Crippen LogP contribution is -2.51. The smallest absolute Gasteiger partial charge is 0.233 e. The van der Waals surface area contributed by atoms with E-state index in [-0.39, 0.29) is 11.8 Å². The van der Waals surface area contributed by atoms with Crippen LogP contribution in [0.25, 0.3) is 10.9 Å². The molecular weight excluding hydrogens is 426 g/mol. The van der Waals surface area contributed by atoms with Gasteiger partial charge in [-0.05, 0) is 54.7 Å². The zero-order valence-electron chi connectivity index (χ0n) is 18.1. The number of hydrogen-bond donors (Lipinski definition) is 1. The summed E-state index contributed by atoms with van der Waals surface area (Å²) in [6, 6.07) is 14.1. The minimum Gasteiger partial charge on any atom is -0.381 e. The minimum absolute atomic E-state index is 0.184. The molecule has 2 saturated heterocycles. The first-order chi connectivity index (χ1) is 15.6. The molecule has 1 aromatic heterocycles. The summed E-state index contributed by atoms with van der Waals surface area (Å²) in [6.07, 6.45) is 4.08. The zero-order valence-corrected chi connectivity index (χ0v) is 18.8. The lowest BCUT2D eigenvalue weighted by atomic mass is 9.73. The molecule has 2 aromatic carbocycles. The van der Waals surface area contributed by atoms with Crippen LogP contribution < -0.4 is 0 Å². The first kappa shape index (κ1) is 21.4. The first-order valence-corrected chi connectivity index (χ1v) is 11.6. The fraction of sp³-hybridized carbons (Fsp3) is 0.440. The second kappa shape index (κ2) is 9.22. The Kier molecular flexibility index (Phi) is 6.17. The number of nitrogens with zero attached hydrogens (tertiary/aromatic N) is 2. The number of nitrogens with one attached hydrogen (secondary N) is 1. The summed E-state index contributed by atoms with van der Waals surface area (Å²) >= 11 is 6.13. The molecule has 3 heterocycles. The van der Waals surface area contributed by atoms with Crippen LogP contribution in [0.4, 0.5) is 0 Å². The highest BCUT2D eigenvalue weighted by atomic mass is 35.5. The monoisotopic (exact) mass is 453 g/mol. The summed E-state index contributed by atoms with van der Waals surface area (Å²) in [5.41, 5.74) is 2.74. The predicted octanol–water partition coefficient (Wildman–Crippen LogP) is 3.98. The van der Waals surface area contributed by atoms with Crippen LogP contribution in [0.1, 0.15) is 24.0 Å². The van der Waals surface area contributed by atoms with Gasteiger partial charge in [-0.3, -0.25) is 9.89 Å². The number of carbonyl (C=O) groups excluding carboxylic acids is 1. The molecule has 0 unspecified atom stereocenters. The number of hydrogen-bond acceptors (Lipinski definition) is 4. The average Bonchev–Trinajstić information content (AvgIpc) is 3.17. The normalized spacial score (nSPS) is 21.4. The molecule has 0 spiro atoms. The lowest BCUT2D eigenvalue weighted by molar-refractivity contribution is -0.141. The number of carbonyl (C=O) groups is 1. The van der Waals surface area contributed by atoms with Crippen molar-refractivity contribution in [3.05, 3.63) is 64.8 Å². The molecule has 1 atom stereocenters. The van der Waals surface area contributed by atoms with Gasteiger partial charge < -0.3 is 14.4 Å². The quantitative estimate of drug-likeness (QED) is 0.648. The molecule has 2 fully saturated rings. The van der Waals surface area contributed by atoms with Gasteiger partial charge in [-0.1, -0.05) is 29.8 Å². The third-order valence-corrected chi connectivity index (χ3v) is 7.06. The summed E-state index contributed by atoms with van der Waals surface area (Å²) < 4.78 is 11.6. The van der Waals surface area contributed by atoms with Crippen molar-refractivity contribution in [2.24, 2.45) is 5.92 Å². The van der Waals surface area contributed by atoms with E-state index in [1.54, 1.807) is 0 Å². The molecule has 3 aromatic rings. The number of rotatable bonds is 4. The maximum absolute atomic E-state index is 14.0. The predicted molar refractivity (Wildman–Crippen MR) is 124 cm³/mol. The Morgan fingerprint density at radius 2 is 1.94 bits per heavy atom. The van der Waals surface area contributed by atoms with Gasteiger partial charge in [0.15, 0.2) is 0 Å². The second-order valence-corrected chi connectivity index (χ2v) is 9.33. The fourth-order valence-electron chi connectivity index (χ4n) is 5.06. The number of aromatic amines is 1. The lowest BCUT2D eigenvalue weighted by Gasteiger charge is -2.40. The van der Waals surface area contributed by atoms with Crippen molar-refractivity contribution >= 4 is 28.4 Å². The Labute approximate surface area is 192 Å². The van der Waals surface area contributed by atoms with Gasteiger partial charge in [-0.25, -0.2) is 0 Å². The Morgan fingerprint density at radius 1 is 1.12 bits per heavy atom. The van der Waals surface area contributed by atoms with Crippen LogP contribution in [0.2, 0.25) is 5.02 Å². The largest absolute Gasteiger partial charge is 0.381 e. The number of fused-ring (bicyclic) bond motifs is 1. The molecular formula is C25H28ClN3O3. The first-order valence-electron chi connectivity index (χ1n) is 11.3. The van der Waals surface area contributed by atoms with Crippen molar-refractivity contribution in [2.45, 2.75) is 24.7 Å². The number of amides is 1. The Balaban J connectivity index is 1.37. The standard InChI is InChI=1S/C25H28ClN3O3/c26-22-4-2-21(3-5-22)25(7-10-31-11-8-25)24(30)29-9-12-32-17-19(16-29)13-18-1-6-23-20(14-18)15-27-28-23/h1-6,14-15,19H,7-13,16-17H2,(H,27,28)/t19-/m0/s1. The maximum Gasteiger partial charge on any atom is 0.233 e. The number of halogens is 1. The highest BCUT2D eigenvalue weighted by Crippen LogP contribution is 2.38. The van der Waals surface area contributed by atoms with Crippen LogP contribution in [-0.2, 0) is 26.1 Å². The molecule has 5 rings (SSSR count). The van der Waals surface area contributed by atoms with E-state index in [2.05, 4.69) is 28.4 Å². The van der Waals surface area contributed by atoms with Crippen LogP contribution >= 0.6 is 11.6 Å². The minimum atomic E-state index is -0.562. The summed E-state index contributed by atoms with van der Waals surface area (Å²) in [6.45, 7) is 3.71. The van der Waals surface area contributed by atoms with E-state index < -0.39 is 5.41 Å². The zero-order chi connectivity index (χ0) is 22.0. The van der Waals surface area contributed by atoms with E-state index in [1.165, 1.54) is 5.56 Å². The van der Waals surface area contributed by atoms with Gasteiger partial charge in [-0.2, -0.15) is 5.10 Å². The van der Waals surface area contributed by atoms with Gasteiger partial charge >= 0.3 is 0 Å². The third-order valence-electron chi connectivity index (χ3n) is 6.81. The van der Waals surface area contributed by atoms with Crippen LogP contribution in [0.3, 0.4) is 0 Å². The van der Waals surface area contributed by atoms with Crippen molar-refractivity contribution in [1.29, 1.82) is 0 Å². The summed E-state index contributed by atoms with van der Waals surface area (Å²) in [5, 5.41) is 8.89. The third kappa shape index (κ3) is 4.27. The topological polar surface area (TPSA) is 67.5 Å². The average molecular weight is 454 g/mol. The van der Waals surface area contributed by atoms with Crippen LogP contribution in [-0.4, -0.2) is 60.5 Å². The van der Waals surface area contributed by atoms with Crippen molar-refractivity contribution < 1.29 is 14.3 Å².